The van der Waals surface area contributed by atoms with Crippen LogP contribution < -0.4 is 10.2 Å². The van der Waals surface area contributed by atoms with E-state index in [1.54, 1.807) is 18.2 Å². The van der Waals surface area contributed by atoms with Crippen LogP contribution in [-0.2, 0) is 20.0 Å². The molecule has 0 unspecified atom stereocenters. The summed E-state index contributed by atoms with van der Waals surface area (Å²) in [5.41, 5.74) is 1.71. The Bertz CT molecular complexity index is 1520. The molecular formula is C36H49FN4O5S. The minimum atomic E-state index is -3.17. The zero-order chi connectivity index (χ0) is 32.8. The van der Waals surface area contributed by atoms with Crippen LogP contribution >= 0.6 is 0 Å². The number of aliphatic hydroxyl groups is 1. The van der Waals surface area contributed by atoms with Crippen LogP contribution in [0.5, 0.6) is 0 Å². The molecule has 5 aliphatic rings. The first-order chi connectivity index (χ1) is 22.7. The monoisotopic (exact) mass is 668 g/mol. The minimum absolute atomic E-state index is 0.0567. The predicted molar refractivity (Wildman–Crippen MR) is 179 cm³/mol. The number of piperidine rings is 1. The Labute approximate surface area is 278 Å². The molecule has 3 atom stereocenters. The van der Waals surface area contributed by atoms with Gasteiger partial charge in [-0.05, 0) is 105 Å². The average molecular weight is 669 g/mol. The fourth-order valence-corrected chi connectivity index (χ4v) is 10.8. The number of likely N-dealkylation sites (tertiary alicyclic amines) is 2. The lowest BCUT2D eigenvalue weighted by atomic mass is 9.57. The van der Waals surface area contributed by atoms with Gasteiger partial charge in [-0.15, -0.1) is 0 Å². The normalized spacial score (nSPS) is 26.4. The van der Waals surface area contributed by atoms with Crippen molar-refractivity contribution in [1.29, 1.82) is 0 Å². The smallest absolute Gasteiger partial charge is 0.407 e. The summed E-state index contributed by atoms with van der Waals surface area (Å²) >= 11 is 0. The molecule has 2 saturated carbocycles. The van der Waals surface area contributed by atoms with Gasteiger partial charge in [-0.3, -0.25) is 4.90 Å². The number of sulfone groups is 1. The number of amides is 1. The van der Waals surface area contributed by atoms with E-state index in [1.807, 2.05) is 18.2 Å². The number of anilines is 1. The first kappa shape index (κ1) is 32.8. The Kier molecular flexibility index (Phi) is 9.27. The topological polar surface area (TPSA) is 102 Å². The highest BCUT2D eigenvalue weighted by Crippen LogP contribution is 2.51. The van der Waals surface area contributed by atoms with E-state index in [-0.39, 0.29) is 34.5 Å². The third-order valence-corrected chi connectivity index (χ3v) is 14.0. The van der Waals surface area contributed by atoms with Gasteiger partial charge in [-0.25, -0.2) is 17.6 Å². The number of aliphatic hydroxyl groups excluding tert-OH is 1. The average Bonchev–Trinajstić information content (AvgIpc) is 3.81. The third kappa shape index (κ3) is 6.65. The summed E-state index contributed by atoms with van der Waals surface area (Å²) in [5, 5.41) is 13.2. The number of halogens is 1. The van der Waals surface area contributed by atoms with Crippen LogP contribution in [0.1, 0.15) is 50.5 Å². The number of carbonyl (C=O) groups is 1. The second-order valence-corrected chi connectivity index (χ2v) is 17.0. The molecule has 0 bridgehead atoms. The highest BCUT2D eigenvalue weighted by atomic mass is 32.2. The molecule has 9 nitrogen and oxygen atoms in total. The highest BCUT2D eigenvalue weighted by Gasteiger charge is 2.53. The summed E-state index contributed by atoms with van der Waals surface area (Å²) in [6.45, 7) is 6.86. The van der Waals surface area contributed by atoms with Gasteiger partial charge in [0.1, 0.15) is 5.82 Å². The zero-order valence-electron chi connectivity index (χ0n) is 27.4. The van der Waals surface area contributed by atoms with E-state index in [2.05, 4.69) is 26.1 Å². The van der Waals surface area contributed by atoms with E-state index in [9.17, 15) is 22.7 Å². The molecule has 7 rings (SSSR count). The molecular weight excluding hydrogens is 619 g/mol. The van der Waals surface area contributed by atoms with Gasteiger partial charge in [0.2, 0.25) is 0 Å². The van der Waals surface area contributed by atoms with Crippen molar-refractivity contribution in [3.05, 3.63) is 59.9 Å². The molecule has 3 heterocycles. The Morgan fingerprint density at radius 1 is 0.979 bits per heavy atom. The largest absolute Gasteiger partial charge is 0.453 e. The standard InChI is InChI=1S/C36H49FN4O5S/c1-46-35(43)38-34-7-3-6-33(34)36(24-40-22-30(42)23-40,27-4-2-5-28(37)18-27)26-14-16-39(17-15-26)19-25-20-41(21-25)29-8-10-31(11-9-29)47(44,45)32-12-13-32/h2,4-5,8-11,18,25-26,30,32-34,42H,3,6-7,12-17,19-24H2,1H3,(H,38,43)/t33-,34-,36-/m0/s1. The van der Waals surface area contributed by atoms with Crippen LogP contribution in [0.4, 0.5) is 14.9 Å². The van der Waals surface area contributed by atoms with Crippen LogP contribution in [0, 0.1) is 23.6 Å². The van der Waals surface area contributed by atoms with Crippen molar-refractivity contribution in [2.45, 2.75) is 72.7 Å². The maximum absolute atomic E-state index is 14.9. The summed E-state index contributed by atoms with van der Waals surface area (Å²) < 4.78 is 45.1. The van der Waals surface area contributed by atoms with Gasteiger partial charge in [0.25, 0.3) is 0 Å². The van der Waals surface area contributed by atoms with E-state index in [1.165, 1.54) is 13.2 Å². The van der Waals surface area contributed by atoms with Gasteiger partial charge in [0, 0.05) is 62.3 Å². The molecule has 5 fully saturated rings. The maximum atomic E-state index is 14.9. The summed E-state index contributed by atoms with van der Waals surface area (Å²) in [4.78, 5) is 20.1. The number of ether oxygens (including phenoxy) is 1. The number of nitrogens with zero attached hydrogens (tertiary/aromatic N) is 3. The first-order valence-electron chi connectivity index (χ1n) is 17.5. The van der Waals surface area contributed by atoms with Crippen LogP contribution in [0.2, 0.25) is 0 Å². The molecule has 0 aromatic heterocycles. The number of benzene rings is 2. The number of carbonyl (C=O) groups excluding carboxylic acids is 1. The highest BCUT2D eigenvalue weighted by molar-refractivity contribution is 7.92. The molecule has 2 N–H and O–H groups in total. The fourth-order valence-electron chi connectivity index (χ4n) is 9.18. The van der Waals surface area contributed by atoms with Crippen molar-refractivity contribution >= 4 is 21.6 Å². The molecule has 3 aliphatic heterocycles. The molecule has 0 spiro atoms. The van der Waals surface area contributed by atoms with Crippen molar-refractivity contribution in [2.75, 3.05) is 64.4 Å². The van der Waals surface area contributed by atoms with Crippen molar-refractivity contribution < 1.29 is 27.4 Å². The number of alkyl carbamates (subject to hydrolysis) is 1. The van der Waals surface area contributed by atoms with Gasteiger partial charge in [-0.2, -0.15) is 0 Å². The Morgan fingerprint density at radius 3 is 2.34 bits per heavy atom. The van der Waals surface area contributed by atoms with Crippen LogP contribution in [0.25, 0.3) is 0 Å². The van der Waals surface area contributed by atoms with Crippen molar-refractivity contribution in [2.24, 2.45) is 17.8 Å². The number of rotatable bonds is 11. The lowest BCUT2D eigenvalue weighted by Gasteiger charge is -2.54. The zero-order valence-corrected chi connectivity index (χ0v) is 28.2. The minimum Gasteiger partial charge on any atom is -0.453 e. The molecule has 3 saturated heterocycles. The Balaban J connectivity index is 1.03. The molecule has 11 heteroatoms. The van der Waals surface area contributed by atoms with E-state index in [0.717, 1.165) is 95.5 Å². The molecule has 47 heavy (non-hydrogen) atoms. The SMILES string of the molecule is COC(=O)N[C@H]1CCC[C@@H]1[C@](CN1CC(O)C1)(c1cccc(F)c1)C1CCN(CC2CN(c3ccc(S(=O)(=O)C4CC4)cc3)C2)CC1. The maximum Gasteiger partial charge on any atom is 0.407 e. The molecule has 0 radical (unpaired) electrons. The van der Waals surface area contributed by atoms with Crippen LogP contribution in [-0.4, -0.2) is 106 Å². The molecule has 2 aromatic rings. The molecule has 1 amide bonds. The van der Waals surface area contributed by atoms with E-state index >= 15 is 0 Å². The van der Waals surface area contributed by atoms with Gasteiger partial charge < -0.3 is 25.0 Å². The van der Waals surface area contributed by atoms with Crippen molar-refractivity contribution in [3.8, 4) is 0 Å². The van der Waals surface area contributed by atoms with Gasteiger partial charge in [0.05, 0.1) is 23.4 Å². The summed E-state index contributed by atoms with van der Waals surface area (Å²) in [6, 6.07) is 14.5. The molecule has 256 valence electrons. The van der Waals surface area contributed by atoms with E-state index in [4.69, 9.17) is 4.74 Å². The second kappa shape index (κ2) is 13.3. The summed E-state index contributed by atoms with van der Waals surface area (Å²) in [5.74, 6) is 0.743. The Morgan fingerprint density at radius 2 is 1.70 bits per heavy atom. The quantitative estimate of drug-likeness (QED) is 0.370. The lowest BCUT2D eigenvalue weighted by molar-refractivity contribution is -0.0388. The number of β-amino-alcohol motifs (C(OH)–C–C–N with tert-alkyl or cyclic N) is 1. The number of methoxy groups -OCH3 is 1. The molecule has 2 aromatic carbocycles. The first-order valence-corrected chi connectivity index (χ1v) is 19.0. The number of hydrogen-bond acceptors (Lipinski definition) is 8. The van der Waals surface area contributed by atoms with Gasteiger partial charge >= 0.3 is 6.09 Å². The fraction of sp³-hybridized carbons (Fsp3) is 0.639. The van der Waals surface area contributed by atoms with Crippen molar-refractivity contribution in [3.63, 3.8) is 0 Å². The lowest BCUT2D eigenvalue weighted by Crippen LogP contribution is -2.62. The number of nitrogens with one attached hydrogen (secondary N) is 1. The third-order valence-electron chi connectivity index (χ3n) is 11.7. The van der Waals surface area contributed by atoms with E-state index in [0.29, 0.717) is 29.8 Å². The van der Waals surface area contributed by atoms with Crippen LogP contribution in [0.3, 0.4) is 0 Å². The Hall–Kier alpha value is -2.73. The second-order valence-electron chi connectivity index (χ2n) is 14.8. The van der Waals surface area contributed by atoms with Gasteiger partial charge in [0.15, 0.2) is 9.84 Å². The van der Waals surface area contributed by atoms with E-state index < -0.39 is 15.9 Å². The molecule has 2 aliphatic carbocycles. The summed E-state index contributed by atoms with van der Waals surface area (Å²) in [7, 11) is -1.77. The van der Waals surface area contributed by atoms with Crippen LogP contribution in [0.15, 0.2) is 53.4 Å². The van der Waals surface area contributed by atoms with Gasteiger partial charge in [-0.1, -0.05) is 18.6 Å². The van der Waals surface area contributed by atoms with Crippen molar-refractivity contribution in [1.82, 2.24) is 15.1 Å². The summed E-state index contributed by atoms with van der Waals surface area (Å²) in [6.07, 6.45) is 5.60. The number of hydrogen-bond donors (Lipinski definition) is 2. The predicted octanol–water partition coefficient (Wildman–Crippen LogP) is 4.05.